The molecular weight excluding hydrogens is 574 g/mol. The van der Waals surface area contributed by atoms with Crippen molar-refractivity contribution >= 4 is 5.97 Å². The number of nitrogens with zero attached hydrogens (tertiary/aromatic N) is 1. The molecule has 0 radical (unpaired) electrons. The van der Waals surface area contributed by atoms with Crippen molar-refractivity contribution in [3.8, 4) is 11.5 Å². The van der Waals surface area contributed by atoms with E-state index in [1.807, 2.05) is 20.1 Å². The molecule has 0 unspecified atom stereocenters. The van der Waals surface area contributed by atoms with Crippen molar-refractivity contribution in [2.24, 2.45) is 22.7 Å². The van der Waals surface area contributed by atoms with E-state index < -0.39 is 17.2 Å². The van der Waals surface area contributed by atoms with E-state index in [9.17, 15) is 9.90 Å². The molecule has 3 heterocycles. The van der Waals surface area contributed by atoms with Gasteiger partial charge in [0.05, 0.1) is 32.0 Å². The van der Waals surface area contributed by atoms with Crippen LogP contribution in [-0.4, -0.2) is 99.7 Å². The van der Waals surface area contributed by atoms with Gasteiger partial charge in [0.25, 0.3) is 0 Å². The normalized spacial score (nSPS) is 35.9. The fourth-order valence-electron chi connectivity index (χ4n) is 10.2. The molecule has 0 aromatic heterocycles. The van der Waals surface area contributed by atoms with Crippen LogP contribution in [0.2, 0.25) is 0 Å². The smallest absolute Gasteiger partial charge is 0.337 e. The van der Waals surface area contributed by atoms with Gasteiger partial charge in [-0.05, 0) is 81.4 Å². The molecule has 3 aliphatic heterocycles. The molecular formula is C36H53NO8. The monoisotopic (exact) mass is 627 g/mol. The Morgan fingerprint density at radius 3 is 2.53 bits per heavy atom. The summed E-state index contributed by atoms with van der Waals surface area (Å²) in [5.74, 6) is 1.42. The number of methoxy groups -OCH3 is 2. The van der Waals surface area contributed by atoms with Crippen molar-refractivity contribution in [1.29, 1.82) is 0 Å². The fraction of sp³-hybridized carbons (Fsp3) is 0.806. The Morgan fingerprint density at radius 1 is 1.07 bits per heavy atom. The third-order valence-corrected chi connectivity index (χ3v) is 13.1. The molecule has 4 saturated carbocycles. The van der Waals surface area contributed by atoms with Gasteiger partial charge in [-0.3, -0.25) is 4.90 Å². The van der Waals surface area contributed by atoms with E-state index in [-0.39, 0.29) is 34.9 Å². The summed E-state index contributed by atoms with van der Waals surface area (Å²) < 4.78 is 35.8. The number of aliphatic hydroxyl groups is 1. The van der Waals surface area contributed by atoms with Gasteiger partial charge in [-0.25, -0.2) is 4.79 Å². The zero-order valence-corrected chi connectivity index (χ0v) is 28.1. The molecule has 6 bridgehead atoms. The van der Waals surface area contributed by atoms with Crippen LogP contribution < -0.4 is 9.47 Å². The van der Waals surface area contributed by atoms with Crippen molar-refractivity contribution in [1.82, 2.24) is 4.90 Å². The predicted molar refractivity (Wildman–Crippen MR) is 168 cm³/mol. The van der Waals surface area contributed by atoms with Crippen LogP contribution >= 0.6 is 0 Å². The SMILES string of the molecule is COCCOCCOCC(=O)Oc1ccc2c3c1O[C@@H]1C[C@]45C[C@H]([C@](C)(O)C(C)(C)C)[C@]1(OC)C[C@]34CCN(CC1CC1)[C@@H]5C2. The molecule has 5 aliphatic carbocycles. The van der Waals surface area contributed by atoms with Gasteiger partial charge in [-0.2, -0.15) is 0 Å². The molecule has 9 nitrogen and oxygen atoms in total. The number of likely N-dealkylation sites (tertiary alicyclic amines) is 1. The first-order chi connectivity index (χ1) is 21.4. The van der Waals surface area contributed by atoms with Crippen LogP contribution in [-0.2, 0) is 35.6 Å². The lowest BCUT2D eigenvalue weighted by atomic mass is 9.33. The number of hydrogen-bond donors (Lipinski definition) is 1. The van der Waals surface area contributed by atoms with Gasteiger partial charge >= 0.3 is 5.97 Å². The Labute approximate surface area is 268 Å². The van der Waals surface area contributed by atoms with E-state index in [1.54, 1.807) is 7.11 Å². The molecule has 0 amide bonds. The van der Waals surface area contributed by atoms with Gasteiger partial charge < -0.3 is 33.5 Å². The summed E-state index contributed by atoms with van der Waals surface area (Å²) in [5.41, 5.74) is 0.314. The third kappa shape index (κ3) is 4.73. The number of carbonyl (C=O) groups excluding carboxylic acids is 1. The number of piperidine rings is 1. The molecule has 9 rings (SSSR count). The second kappa shape index (κ2) is 11.2. The van der Waals surface area contributed by atoms with E-state index >= 15 is 0 Å². The predicted octanol–water partition coefficient (Wildman–Crippen LogP) is 4.29. The van der Waals surface area contributed by atoms with Crippen molar-refractivity contribution < 1.29 is 38.3 Å². The van der Waals surface area contributed by atoms with Gasteiger partial charge in [0.1, 0.15) is 18.3 Å². The number of rotatable bonds is 13. The van der Waals surface area contributed by atoms with Crippen molar-refractivity contribution in [2.75, 3.05) is 60.3 Å². The van der Waals surface area contributed by atoms with E-state index in [0.29, 0.717) is 44.0 Å². The molecule has 5 fully saturated rings. The standard InChI is InChI=1S/C36H53NO8/c1-32(2,3)33(4,39)26-18-35-19-28-36(26,41-6)22-34(35)11-12-37(20-23-7-8-23)27(35)17-24-9-10-25(31(45-28)30(24)34)44-29(38)21-43-16-15-42-14-13-40-5/h9-10,23,26-28,39H,7-8,11-22H2,1-6H3/t26-,27-,28-,33+,34-,35+,36-/m1/s1. The molecule has 1 aromatic carbocycles. The summed E-state index contributed by atoms with van der Waals surface area (Å²) in [5, 5.41) is 12.4. The molecule has 250 valence electrons. The van der Waals surface area contributed by atoms with Gasteiger partial charge in [-0.15, -0.1) is 0 Å². The lowest BCUT2D eigenvalue weighted by molar-refractivity contribution is -0.305. The Morgan fingerprint density at radius 2 is 1.82 bits per heavy atom. The minimum atomic E-state index is -0.980. The lowest BCUT2D eigenvalue weighted by Crippen LogP contribution is -2.81. The second-order valence-electron chi connectivity index (χ2n) is 16.0. The highest BCUT2D eigenvalue weighted by Gasteiger charge is 2.80. The largest absolute Gasteiger partial charge is 0.483 e. The average molecular weight is 628 g/mol. The quantitative estimate of drug-likeness (QED) is 0.195. The number of hydrogen-bond acceptors (Lipinski definition) is 9. The maximum absolute atomic E-state index is 13.1. The van der Waals surface area contributed by atoms with Crippen LogP contribution in [0.5, 0.6) is 11.5 Å². The molecule has 1 saturated heterocycles. The Balaban J connectivity index is 1.25. The topological polar surface area (TPSA) is 95.9 Å². The fourth-order valence-corrected chi connectivity index (χ4v) is 10.2. The highest BCUT2D eigenvalue weighted by molar-refractivity contribution is 5.75. The van der Waals surface area contributed by atoms with E-state index in [0.717, 1.165) is 44.6 Å². The summed E-state index contributed by atoms with van der Waals surface area (Å²) in [6, 6.07) is 4.48. The maximum atomic E-state index is 13.1. The van der Waals surface area contributed by atoms with Gasteiger partial charge in [0.15, 0.2) is 11.5 Å². The van der Waals surface area contributed by atoms with E-state index in [1.165, 1.54) is 30.5 Å². The number of carbonyl (C=O) groups is 1. The molecule has 45 heavy (non-hydrogen) atoms. The van der Waals surface area contributed by atoms with Crippen LogP contribution in [0.4, 0.5) is 0 Å². The number of fused-ring (bicyclic) bond motifs is 1. The zero-order chi connectivity index (χ0) is 31.8. The van der Waals surface area contributed by atoms with Gasteiger partial charge in [-0.1, -0.05) is 26.8 Å². The maximum Gasteiger partial charge on any atom is 0.337 e. The summed E-state index contributed by atoms with van der Waals surface area (Å²) >= 11 is 0. The molecule has 8 aliphatic rings. The Kier molecular flexibility index (Phi) is 7.90. The Bertz CT molecular complexity index is 1300. The average Bonchev–Trinajstić information content (AvgIpc) is 3.83. The number of benzene rings is 1. The zero-order valence-electron chi connectivity index (χ0n) is 28.1. The highest BCUT2D eigenvalue weighted by Crippen LogP contribution is 2.77. The first-order valence-electron chi connectivity index (χ1n) is 17.1. The summed E-state index contributed by atoms with van der Waals surface area (Å²) in [7, 11) is 3.44. The summed E-state index contributed by atoms with van der Waals surface area (Å²) in [6.45, 7) is 12.2. The van der Waals surface area contributed by atoms with Crippen LogP contribution in [0.25, 0.3) is 0 Å². The van der Waals surface area contributed by atoms with Crippen LogP contribution in [0, 0.1) is 22.7 Å². The lowest BCUT2D eigenvalue weighted by Gasteiger charge is -2.75. The molecule has 7 atom stereocenters. The molecule has 1 aromatic rings. The molecule has 9 heteroatoms. The third-order valence-electron chi connectivity index (χ3n) is 13.1. The first-order valence-corrected chi connectivity index (χ1v) is 17.1. The highest BCUT2D eigenvalue weighted by atomic mass is 16.6. The van der Waals surface area contributed by atoms with Crippen LogP contribution in [0.1, 0.15) is 77.3 Å². The minimum Gasteiger partial charge on any atom is -0.483 e. The van der Waals surface area contributed by atoms with Gasteiger partial charge in [0.2, 0.25) is 0 Å². The van der Waals surface area contributed by atoms with E-state index in [4.69, 9.17) is 28.4 Å². The van der Waals surface area contributed by atoms with Crippen molar-refractivity contribution in [3.63, 3.8) is 0 Å². The summed E-state index contributed by atoms with van der Waals surface area (Å²) in [4.78, 5) is 15.9. The number of esters is 1. The van der Waals surface area contributed by atoms with Gasteiger partial charge in [0, 0.05) is 49.1 Å². The molecule has 2 spiro atoms. The Hall–Kier alpha value is -1.75. The minimum absolute atomic E-state index is 0.0577. The van der Waals surface area contributed by atoms with Crippen molar-refractivity contribution in [3.05, 3.63) is 23.3 Å². The first kappa shape index (κ1) is 31.8. The number of ether oxygens (including phenoxy) is 6. The summed E-state index contributed by atoms with van der Waals surface area (Å²) in [6.07, 6.45) is 6.98. The van der Waals surface area contributed by atoms with Crippen molar-refractivity contribution in [2.45, 2.75) is 101 Å². The van der Waals surface area contributed by atoms with Crippen LogP contribution in [0.15, 0.2) is 12.1 Å². The van der Waals surface area contributed by atoms with E-state index in [2.05, 4.69) is 31.7 Å². The molecule has 1 N–H and O–H groups in total. The second-order valence-corrected chi connectivity index (χ2v) is 16.0. The van der Waals surface area contributed by atoms with Crippen LogP contribution in [0.3, 0.4) is 0 Å².